The first kappa shape index (κ1) is 21.6. The molecule has 0 saturated heterocycles. The molecule has 0 unspecified atom stereocenters. The molecule has 1 aliphatic rings. The lowest BCUT2D eigenvalue weighted by molar-refractivity contribution is -0.0361. The highest BCUT2D eigenvalue weighted by molar-refractivity contribution is 5.42. The van der Waals surface area contributed by atoms with Crippen molar-refractivity contribution >= 4 is 5.82 Å². The number of hydrogen-bond acceptors (Lipinski definition) is 8. The summed E-state index contributed by atoms with van der Waals surface area (Å²) in [5.41, 5.74) is 9.25. The molecule has 162 valence electrons. The summed E-state index contributed by atoms with van der Waals surface area (Å²) in [5, 5.41) is 13.8. The molecule has 1 aliphatic carbocycles. The Morgan fingerprint density at radius 1 is 1.33 bits per heavy atom. The summed E-state index contributed by atoms with van der Waals surface area (Å²) in [6.07, 6.45) is 1.97. The molecule has 0 amide bonds. The first-order valence-electron chi connectivity index (χ1n) is 9.73. The monoisotopic (exact) mass is 420 g/mol. The van der Waals surface area contributed by atoms with Crippen LogP contribution in [0.15, 0.2) is 29.1 Å². The molecular formula is C19H26F2N8O. The normalized spacial score (nSPS) is 16.9. The van der Waals surface area contributed by atoms with Gasteiger partial charge in [0.15, 0.2) is 0 Å². The molecule has 0 aromatic carbocycles. The van der Waals surface area contributed by atoms with Crippen LogP contribution in [0, 0.1) is 19.4 Å². The van der Waals surface area contributed by atoms with Crippen molar-refractivity contribution in [3.8, 4) is 11.8 Å². The summed E-state index contributed by atoms with van der Waals surface area (Å²) >= 11 is 0. The molecular weight excluding hydrogens is 394 g/mol. The number of aryl methyl sites for hydroxylation is 2. The molecule has 0 bridgehead atoms. The molecule has 0 atom stereocenters. The Balaban J connectivity index is 1.85. The van der Waals surface area contributed by atoms with E-state index >= 15 is 0 Å². The number of alkyl halides is 2. The van der Waals surface area contributed by atoms with Crippen molar-refractivity contribution < 1.29 is 13.5 Å². The van der Waals surface area contributed by atoms with E-state index in [0.717, 1.165) is 11.4 Å². The van der Waals surface area contributed by atoms with Gasteiger partial charge in [0.2, 0.25) is 11.8 Å². The van der Waals surface area contributed by atoms with E-state index in [9.17, 15) is 8.78 Å². The zero-order valence-corrected chi connectivity index (χ0v) is 17.2. The van der Waals surface area contributed by atoms with Gasteiger partial charge in [-0.25, -0.2) is 19.0 Å². The molecule has 1 saturated carbocycles. The lowest BCUT2D eigenvalue weighted by Crippen LogP contribution is -2.32. The second-order valence-electron chi connectivity index (χ2n) is 7.33. The molecule has 3 rings (SSSR count). The quantitative estimate of drug-likeness (QED) is 0.561. The second-order valence-corrected chi connectivity index (χ2v) is 7.33. The minimum atomic E-state index is -2.59. The van der Waals surface area contributed by atoms with Crippen LogP contribution in [0.1, 0.15) is 37.1 Å². The van der Waals surface area contributed by atoms with Gasteiger partial charge in [0.25, 0.3) is 5.95 Å². The highest BCUT2D eigenvalue weighted by Gasteiger charge is 2.35. The molecule has 0 spiro atoms. The average molecular weight is 420 g/mol. The van der Waals surface area contributed by atoms with Crippen LogP contribution in [-0.4, -0.2) is 45.4 Å². The van der Waals surface area contributed by atoms with Crippen molar-refractivity contribution in [2.45, 2.75) is 51.5 Å². The van der Waals surface area contributed by atoms with E-state index in [0.29, 0.717) is 30.3 Å². The smallest absolute Gasteiger partial charge is 0.256 e. The van der Waals surface area contributed by atoms with Crippen LogP contribution in [0.5, 0.6) is 5.88 Å². The molecule has 2 aromatic rings. The number of nitrogens with one attached hydrogen (secondary N) is 3. The number of ether oxygens (including phenoxy) is 1. The maximum absolute atomic E-state index is 13.5. The zero-order chi connectivity index (χ0) is 21.7. The third-order valence-electron chi connectivity index (χ3n) is 4.78. The highest BCUT2D eigenvalue weighted by atomic mass is 19.3. The number of halogens is 2. The molecule has 2 heterocycles. The average Bonchev–Trinajstić information content (AvgIpc) is 3.05. The Kier molecular flexibility index (Phi) is 6.58. The van der Waals surface area contributed by atoms with Crippen molar-refractivity contribution in [2.75, 3.05) is 19.0 Å². The number of rotatable bonds is 8. The van der Waals surface area contributed by atoms with Crippen LogP contribution >= 0.6 is 0 Å². The van der Waals surface area contributed by atoms with E-state index in [1.807, 2.05) is 19.9 Å². The summed E-state index contributed by atoms with van der Waals surface area (Å²) < 4.78 is 34.2. The first-order chi connectivity index (χ1) is 14.3. The van der Waals surface area contributed by atoms with E-state index < -0.39 is 5.92 Å². The number of hydrogen-bond donors (Lipinski definition) is 3. The number of aromatic nitrogens is 4. The van der Waals surface area contributed by atoms with Gasteiger partial charge in [0, 0.05) is 43.9 Å². The van der Waals surface area contributed by atoms with Crippen LogP contribution in [-0.2, 0) is 0 Å². The van der Waals surface area contributed by atoms with Gasteiger partial charge < -0.3 is 15.4 Å². The Morgan fingerprint density at radius 3 is 2.67 bits per heavy atom. The van der Waals surface area contributed by atoms with Gasteiger partial charge in [-0.05, 0) is 32.8 Å². The maximum Gasteiger partial charge on any atom is 0.256 e. The van der Waals surface area contributed by atoms with Gasteiger partial charge in [0.1, 0.15) is 18.1 Å². The van der Waals surface area contributed by atoms with Gasteiger partial charge in [-0.3, -0.25) is 0 Å². The predicted molar refractivity (Wildman–Crippen MR) is 107 cm³/mol. The Labute approximate surface area is 173 Å². The summed E-state index contributed by atoms with van der Waals surface area (Å²) in [4.78, 5) is 8.93. The minimum Gasteiger partial charge on any atom is -0.471 e. The van der Waals surface area contributed by atoms with Gasteiger partial charge >= 0.3 is 0 Å². The van der Waals surface area contributed by atoms with Crippen LogP contribution in [0.4, 0.5) is 14.6 Å². The Bertz CT molecular complexity index is 917. The molecule has 3 N–H and O–H groups in total. The first-order valence-corrected chi connectivity index (χ1v) is 9.73. The molecule has 2 aromatic heterocycles. The second kappa shape index (κ2) is 9.14. The zero-order valence-electron chi connectivity index (χ0n) is 17.2. The summed E-state index contributed by atoms with van der Waals surface area (Å²) in [6.45, 7) is 3.79. The van der Waals surface area contributed by atoms with E-state index in [1.54, 1.807) is 24.0 Å². The van der Waals surface area contributed by atoms with E-state index in [1.165, 1.54) is 0 Å². The third kappa shape index (κ3) is 5.49. The van der Waals surface area contributed by atoms with Crippen molar-refractivity contribution in [1.29, 1.82) is 5.53 Å². The summed E-state index contributed by atoms with van der Waals surface area (Å²) in [7, 11) is 1.70. The van der Waals surface area contributed by atoms with Crippen molar-refractivity contribution in [3.63, 3.8) is 0 Å². The molecule has 1 fully saturated rings. The number of nitrogens with zero attached hydrogens (tertiary/aromatic N) is 5. The van der Waals surface area contributed by atoms with E-state index in [-0.39, 0.29) is 31.4 Å². The van der Waals surface area contributed by atoms with Crippen molar-refractivity contribution in [2.24, 2.45) is 5.11 Å². The minimum absolute atomic E-state index is 0.0347. The molecule has 30 heavy (non-hydrogen) atoms. The third-order valence-corrected chi connectivity index (χ3v) is 4.78. The van der Waals surface area contributed by atoms with Crippen LogP contribution in [0.3, 0.4) is 0 Å². The largest absolute Gasteiger partial charge is 0.471 e. The van der Waals surface area contributed by atoms with Crippen LogP contribution < -0.4 is 15.4 Å². The lowest BCUT2D eigenvalue weighted by atomic mass is 9.92. The molecule has 0 aliphatic heterocycles. The van der Waals surface area contributed by atoms with Gasteiger partial charge in [0.05, 0.1) is 5.69 Å². The van der Waals surface area contributed by atoms with Gasteiger partial charge in [-0.1, -0.05) is 0 Å². The number of anilines is 1. The molecule has 0 radical (unpaired) electrons. The van der Waals surface area contributed by atoms with Gasteiger partial charge in [-0.15, -0.1) is 0 Å². The topological polar surface area (TPSA) is 113 Å². The summed E-state index contributed by atoms with van der Waals surface area (Å²) in [6, 6.07) is 3.41. The van der Waals surface area contributed by atoms with Crippen molar-refractivity contribution in [1.82, 2.24) is 25.1 Å². The van der Waals surface area contributed by atoms with E-state index in [4.69, 9.17) is 10.3 Å². The summed E-state index contributed by atoms with van der Waals surface area (Å²) in [5.74, 6) is -1.55. The van der Waals surface area contributed by atoms with E-state index in [2.05, 4.69) is 30.8 Å². The van der Waals surface area contributed by atoms with Crippen molar-refractivity contribution in [3.05, 3.63) is 35.4 Å². The fourth-order valence-electron chi connectivity index (χ4n) is 3.30. The predicted octanol–water partition coefficient (Wildman–Crippen LogP) is 3.74. The van der Waals surface area contributed by atoms with Crippen LogP contribution in [0.2, 0.25) is 0 Å². The SMILES string of the molecule is CN/C=C(/COc1cc(NC2CCC(F)(F)CC2)nc(-n2nc(C)cc2C)n1)N=N. The fraction of sp³-hybridized carbons (Fsp3) is 0.526. The molecule has 11 heteroatoms. The standard InChI is InChI=1S/C19H26F2N8O/c1-12-8-13(2)29(28-12)18-25-16(24-14-4-6-19(20,21)7-5-14)9-17(26-18)30-11-15(27-22)10-23-3/h8-10,14,22-23H,4-7,11H2,1-3H3,(H,24,25,26)/b15-10-,27-22?. The van der Waals surface area contributed by atoms with Crippen LogP contribution in [0.25, 0.3) is 5.95 Å². The Hall–Kier alpha value is -3.11. The Morgan fingerprint density at radius 2 is 2.07 bits per heavy atom. The maximum atomic E-state index is 13.5. The van der Waals surface area contributed by atoms with Gasteiger partial charge in [-0.2, -0.15) is 20.2 Å². The fourth-order valence-corrected chi connectivity index (χ4v) is 3.30. The highest BCUT2D eigenvalue weighted by Crippen LogP contribution is 2.34. The lowest BCUT2D eigenvalue weighted by Gasteiger charge is -2.29. The molecule has 9 nitrogen and oxygen atoms in total.